The number of benzene rings is 2. The first-order valence-electron chi connectivity index (χ1n) is 6.73. The molecule has 0 radical (unpaired) electrons. The molecule has 110 valence electrons. The molecule has 0 amide bonds. The summed E-state index contributed by atoms with van der Waals surface area (Å²) in [5.41, 5.74) is 7.39. The molecule has 0 bridgehead atoms. The summed E-state index contributed by atoms with van der Waals surface area (Å²) in [6, 6.07) is 11.6. The normalized spacial score (nSPS) is 12.3. The average molecular weight is 287 g/mol. The third-order valence-corrected chi connectivity index (χ3v) is 3.25. The molecule has 2 aromatic rings. The first-order chi connectivity index (χ1) is 10.3. The van der Waals surface area contributed by atoms with E-state index >= 15 is 0 Å². The molecule has 21 heavy (non-hydrogen) atoms. The Balaban J connectivity index is 1.92. The summed E-state index contributed by atoms with van der Waals surface area (Å²) in [5.74, 6) is 2.98. The van der Waals surface area contributed by atoms with E-state index in [1.54, 1.807) is 7.11 Å². The first-order valence-corrected chi connectivity index (χ1v) is 6.73. The van der Waals surface area contributed by atoms with Gasteiger partial charge in [0.1, 0.15) is 18.1 Å². The highest BCUT2D eigenvalue weighted by Gasteiger charge is 2.18. The second-order valence-electron chi connectivity index (χ2n) is 4.57. The molecular weight excluding hydrogens is 270 g/mol. The molecule has 0 atom stereocenters. The smallest absolute Gasteiger partial charge is 0.231 e. The van der Waals surface area contributed by atoms with Crippen LogP contribution in [0.25, 0.3) is 11.1 Å². The highest BCUT2D eigenvalue weighted by atomic mass is 16.7. The van der Waals surface area contributed by atoms with Gasteiger partial charge in [-0.3, -0.25) is 0 Å². The summed E-state index contributed by atoms with van der Waals surface area (Å²) in [5, 5.41) is 0. The molecule has 0 spiro atoms. The van der Waals surface area contributed by atoms with Crippen LogP contribution in [0.15, 0.2) is 36.4 Å². The van der Waals surface area contributed by atoms with Crippen molar-refractivity contribution in [2.75, 3.05) is 27.1 Å². The van der Waals surface area contributed by atoms with Crippen molar-refractivity contribution in [1.29, 1.82) is 0 Å². The molecule has 0 unspecified atom stereocenters. The van der Waals surface area contributed by atoms with Gasteiger partial charge in [0.25, 0.3) is 0 Å². The molecule has 3 rings (SSSR count). The fraction of sp³-hybridized carbons (Fsp3) is 0.250. The van der Waals surface area contributed by atoms with E-state index in [4.69, 9.17) is 24.7 Å². The Morgan fingerprint density at radius 3 is 2.48 bits per heavy atom. The van der Waals surface area contributed by atoms with Crippen molar-refractivity contribution in [3.63, 3.8) is 0 Å². The molecule has 2 aromatic carbocycles. The summed E-state index contributed by atoms with van der Waals surface area (Å²) < 4.78 is 21.7. The van der Waals surface area contributed by atoms with Crippen LogP contribution in [-0.2, 0) is 0 Å². The van der Waals surface area contributed by atoms with Gasteiger partial charge in [0.05, 0.1) is 7.11 Å². The van der Waals surface area contributed by atoms with Crippen LogP contribution in [0.5, 0.6) is 23.0 Å². The maximum absolute atomic E-state index is 5.48. The van der Waals surface area contributed by atoms with Crippen LogP contribution in [0.1, 0.15) is 0 Å². The van der Waals surface area contributed by atoms with Crippen LogP contribution in [0, 0.1) is 0 Å². The van der Waals surface area contributed by atoms with Gasteiger partial charge in [-0.15, -0.1) is 0 Å². The first kappa shape index (κ1) is 13.6. The standard InChI is InChI=1S/C16H17NO4/c1-18-14-9-16-15(20-10-21-16)8-13(14)11-2-4-12(5-3-11)19-7-6-17/h2-5,8-9H,6-7,10,17H2,1H3. The van der Waals surface area contributed by atoms with E-state index in [-0.39, 0.29) is 6.79 Å². The van der Waals surface area contributed by atoms with E-state index in [1.165, 1.54) is 0 Å². The van der Waals surface area contributed by atoms with E-state index in [9.17, 15) is 0 Å². The predicted octanol–water partition coefficient (Wildman–Crippen LogP) is 2.43. The van der Waals surface area contributed by atoms with E-state index in [1.807, 2.05) is 36.4 Å². The second-order valence-corrected chi connectivity index (χ2v) is 4.57. The summed E-state index contributed by atoms with van der Waals surface area (Å²) in [6.07, 6.45) is 0. The van der Waals surface area contributed by atoms with E-state index < -0.39 is 0 Å². The molecule has 1 aliphatic heterocycles. The largest absolute Gasteiger partial charge is 0.496 e. The lowest BCUT2D eigenvalue weighted by Crippen LogP contribution is -2.10. The van der Waals surface area contributed by atoms with Crippen molar-refractivity contribution in [3.05, 3.63) is 36.4 Å². The minimum Gasteiger partial charge on any atom is -0.496 e. The van der Waals surface area contributed by atoms with Crippen LogP contribution >= 0.6 is 0 Å². The number of methoxy groups -OCH3 is 1. The van der Waals surface area contributed by atoms with Gasteiger partial charge in [0.2, 0.25) is 6.79 Å². The molecule has 1 heterocycles. The van der Waals surface area contributed by atoms with E-state index in [2.05, 4.69) is 0 Å². The van der Waals surface area contributed by atoms with Gasteiger partial charge in [-0.05, 0) is 23.8 Å². The number of hydrogen-bond donors (Lipinski definition) is 1. The highest BCUT2D eigenvalue weighted by molar-refractivity contribution is 5.74. The van der Waals surface area contributed by atoms with Gasteiger partial charge in [-0.1, -0.05) is 12.1 Å². The molecule has 5 nitrogen and oxygen atoms in total. The fourth-order valence-corrected chi connectivity index (χ4v) is 2.23. The van der Waals surface area contributed by atoms with Crippen LogP contribution in [0.2, 0.25) is 0 Å². The van der Waals surface area contributed by atoms with Gasteiger partial charge in [-0.25, -0.2) is 0 Å². The zero-order chi connectivity index (χ0) is 14.7. The Morgan fingerprint density at radius 2 is 1.81 bits per heavy atom. The zero-order valence-electron chi connectivity index (χ0n) is 11.8. The zero-order valence-corrected chi connectivity index (χ0v) is 11.8. The number of fused-ring (bicyclic) bond motifs is 1. The van der Waals surface area contributed by atoms with Crippen molar-refractivity contribution < 1.29 is 18.9 Å². The molecule has 0 fully saturated rings. The second kappa shape index (κ2) is 5.93. The minimum absolute atomic E-state index is 0.244. The maximum Gasteiger partial charge on any atom is 0.231 e. The monoisotopic (exact) mass is 287 g/mol. The van der Waals surface area contributed by atoms with Gasteiger partial charge in [0.15, 0.2) is 11.5 Å². The van der Waals surface area contributed by atoms with Crippen molar-refractivity contribution in [3.8, 4) is 34.1 Å². The molecule has 0 aliphatic carbocycles. The fourth-order valence-electron chi connectivity index (χ4n) is 2.23. The van der Waals surface area contributed by atoms with Crippen molar-refractivity contribution in [2.24, 2.45) is 5.73 Å². The van der Waals surface area contributed by atoms with Crippen LogP contribution in [0.3, 0.4) is 0 Å². The summed E-state index contributed by atoms with van der Waals surface area (Å²) in [4.78, 5) is 0. The quantitative estimate of drug-likeness (QED) is 0.915. The van der Waals surface area contributed by atoms with Gasteiger partial charge >= 0.3 is 0 Å². The molecule has 0 aromatic heterocycles. The Kier molecular flexibility index (Phi) is 3.83. The molecular formula is C16H17NO4. The number of hydrogen-bond acceptors (Lipinski definition) is 5. The van der Waals surface area contributed by atoms with E-state index in [0.717, 1.165) is 28.4 Å². The summed E-state index contributed by atoms with van der Waals surface area (Å²) >= 11 is 0. The minimum atomic E-state index is 0.244. The molecule has 0 saturated carbocycles. The lowest BCUT2D eigenvalue weighted by atomic mass is 10.0. The number of rotatable bonds is 5. The average Bonchev–Trinajstić information content (AvgIpc) is 2.99. The van der Waals surface area contributed by atoms with Crippen LogP contribution in [0.4, 0.5) is 0 Å². The highest BCUT2D eigenvalue weighted by Crippen LogP contribution is 2.42. The Hall–Kier alpha value is -2.40. The lowest BCUT2D eigenvalue weighted by Gasteiger charge is -2.11. The number of nitrogens with two attached hydrogens (primary N) is 1. The van der Waals surface area contributed by atoms with E-state index in [0.29, 0.717) is 18.9 Å². The SMILES string of the molecule is COc1cc2c(cc1-c1ccc(OCCN)cc1)OCO2. The summed E-state index contributed by atoms with van der Waals surface area (Å²) in [7, 11) is 1.64. The van der Waals surface area contributed by atoms with Gasteiger partial charge < -0.3 is 24.7 Å². The topological polar surface area (TPSA) is 62.9 Å². The van der Waals surface area contributed by atoms with Crippen molar-refractivity contribution in [2.45, 2.75) is 0 Å². The lowest BCUT2D eigenvalue weighted by molar-refractivity contribution is 0.174. The number of ether oxygens (including phenoxy) is 4. The third kappa shape index (κ3) is 2.73. The summed E-state index contributed by atoms with van der Waals surface area (Å²) in [6.45, 7) is 1.25. The molecule has 1 aliphatic rings. The van der Waals surface area contributed by atoms with Gasteiger partial charge in [0, 0.05) is 18.2 Å². The van der Waals surface area contributed by atoms with Crippen molar-refractivity contribution in [1.82, 2.24) is 0 Å². The Bertz CT molecular complexity index is 625. The van der Waals surface area contributed by atoms with Crippen LogP contribution < -0.4 is 24.7 Å². The molecule has 5 heteroatoms. The van der Waals surface area contributed by atoms with Crippen molar-refractivity contribution >= 4 is 0 Å². The van der Waals surface area contributed by atoms with Gasteiger partial charge in [-0.2, -0.15) is 0 Å². The Labute approximate surface area is 123 Å². The maximum atomic E-state index is 5.48. The molecule has 0 saturated heterocycles. The predicted molar refractivity (Wildman–Crippen MR) is 79.1 cm³/mol. The molecule has 2 N–H and O–H groups in total. The Morgan fingerprint density at radius 1 is 1.10 bits per heavy atom. The third-order valence-electron chi connectivity index (χ3n) is 3.25. The van der Waals surface area contributed by atoms with Crippen LogP contribution in [-0.4, -0.2) is 27.1 Å².